The highest BCUT2D eigenvalue weighted by atomic mass is 16.7. The van der Waals surface area contributed by atoms with E-state index in [1.807, 2.05) is 12.1 Å². The van der Waals surface area contributed by atoms with E-state index in [2.05, 4.69) is 20.4 Å². The molecule has 4 fully saturated rings. The van der Waals surface area contributed by atoms with E-state index in [4.69, 9.17) is 28.4 Å². The predicted octanol–water partition coefficient (Wildman–Crippen LogP) is 4.75. The molecule has 0 amide bonds. The molecule has 208 valence electrons. The Kier molecular flexibility index (Phi) is 7.26. The molecule has 2 aliphatic heterocycles. The molecule has 7 atom stereocenters. The summed E-state index contributed by atoms with van der Waals surface area (Å²) in [5.41, 5.74) is 2.18. The summed E-state index contributed by atoms with van der Waals surface area (Å²) in [7, 11) is 4.83. The van der Waals surface area contributed by atoms with Gasteiger partial charge in [-0.15, -0.1) is 0 Å². The quantitative estimate of drug-likeness (QED) is 0.321. The average molecular weight is 529 g/mol. The first kappa shape index (κ1) is 27.0. The summed E-state index contributed by atoms with van der Waals surface area (Å²) in [5.74, 6) is 1.96. The highest BCUT2D eigenvalue weighted by Gasteiger charge is 2.60. The number of esters is 1. The third kappa shape index (κ3) is 4.31. The molecule has 4 aliphatic rings. The normalized spacial score (nSPS) is 37.8. The molecule has 8 nitrogen and oxygen atoms in total. The number of allylic oxidation sites excluding steroid dienone is 2. The molecule has 2 saturated heterocycles. The van der Waals surface area contributed by atoms with Crippen LogP contribution < -0.4 is 14.2 Å². The molecule has 0 radical (unpaired) electrons. The number of hydrogen-bond donors (Lipinski definition) is 1. The van der Waals surface area contributed by atoms with Gasteiger partial charge in [0.25, 0.3) is 0 Å². The molecule has 0 bridgehead atoms. The smallest absolute Gasteiger partial charge is 0.336 e. The Morgan fingerprint density at radius 3 is 2.45 bits per heavy atom. The predicted molar refractivity (Wildman–Crippen MR) is 140 cm³/mol. The number of rotatable bonds is 6. The number of aliphatic hydroxyl groups is 1. The van der Waals surface area contributed by atoms with Gasteiger partial charge in [0.2, 0.25) is 0 Å². The minimum atomic E-state index is -0.845. The van der Waals surface area contributed by atoms with Gasteiger partial charge in [0.15, 0.2) is 17.8 Å². The highest BCUT2D eigenvalue weighted by molar-refractivity contribution is 5.91. The first-order chi connectivity index (χ1) is 18.2. The van der Waals surface area contributed by atoms with Crippen molar-refractivity contribution in [3.05, 3.63) is 41.5 Å². The van der Waals surface area contributed by atoms with Crippen molar-refractivity contribution in [1.82, 2.24) is 0 Å². The minimum Gasteiger partial charge on any atom is -0.496 e. The maximum Gasteiger partial charge on any atom is 0.336 e. The van der Waals surface area contributed by atoms with Crippen LogP contribution in [-0.2, 0) is 19.0 Å². The van der Waals surface area contributed by atoms with Crippen LogP contribution in [0, 0.1) is 22.7 Å². The maximum absolute atomic E-state index is 12.1. The molecule has 1 aromatic rings. The fourth-order valence-corrected chi connectivity index (χ4v) is 7.60. The zero-order valence-corrected chi connectivity index (χ0v) is 23.1. The van der Waals surface area contributed by atoms with Crippen LogP contribution in [0.25, 0.3) is 0 Å². The van der Waals surface area contributed by atoms with Gasteiger partial charge in [-0.2, -0.15) is 0 Å². The lowest BCUT2D eigenvalue weighted by Crippen LogP contribution is -2.60. The third-order valence-corrected chi connectivity index (χ3v) is 9.68. The number of cyclic esters (lactones) is 1. The summed E-state index contributed by atoms with van der Waals surface area (Å²) in [6, 6.07) is 3.67. The summed E-state index contributed by atoms with van der Waals surface area (Å²) in [6.07, 6.45) is 4.98. The molecule has 1 unspecified atom stereocenters. The van der Waals surface area contributed by atoms with E-state index in [0.29, 0.717) is 41.8 Å². The van der Waals surface area contributed by atoms with E-state index >= 15 is 0 Å². The molecular formula is C30H40O8. The van der Waals surface area contributed by atoms with Crippen molar-refractivity contribution in [1.29, 1.82) is 0 Å². The molecule has 2 aliphatic carbocycles. The number of hydrogen-bond acceptors (Lipinski definition) is 8. The van der Waals surface area contributed by atoms with E-state index in [9.17, 15) is 9.90 Å². The SMILES string of the molecule is C=C1CC[C@@H]2[C@]3(C)COC(c4cc(OC)c(OC)cc4OC)O[C@@H]3CC[C@@]2(C)[C@@H]1C/C=C1/C(=O)OC[C@H]1O. The van der Waals surface area contributed by atoms with Crippen LogP contribution in [0.5, 0.6) is 17.2 Å². The number of carbonyl (C=O) groups excluding carboxylic acids is 1. The largest absolute Gasteiger partial charge is 0.496 e. The standard InChI is InChI=1S/C30H40O8/c1-17-7-10-25-29(2,20(17)9-8-18-21(31)15-36-27(18)32)12-11-26-30(25,3)16-37-28(38-26)19-13-23(34-5)24(35-6)14-22(19)33-4/h8,13-14,20-21,25-26,28,31H,1,7,9-12,15-16H2,2-6H3/b18-8+/t20-,21-,25+,26-,28?,29+,30+/m1/s1. The summed E-state index contributed by atoms with van der Waals surface area (Å²) in [5, 5.41) is 10.2. The number of aliphatic hydroxyl groups excluding tert-OH is 1. The van der Waals surface area contributed by atoms with Crippen molar-refractivity contribution in [2.24, 2.45) is 22.7 Å². The second-order valence-corrected chi connectivity index (χ2v) is 11.6. The van der Waals surface area contributed by atoms with Gasteiger partial charge < -0.3 is 33.5 Å². The lowest BCUT2D eigenvalue weighted by Gasteiger charge is -2.62. The number of fused-ring (bicyclic) bond motifs is 3. The second kappa shape index (κ2) is 10.2. The second-order valence-electron chi connectivity index (χ2n) is 11.6. The first-order valence-corrected chi connectivity index (χ1v) is 13.5. The van der Waals surface area contributed by atoms with Crippen molar-refractivity contribution in [3.63, 3.8) is 0 Å². The van der Waals surface area contributed by atoms with Crippen molar-refractivity contribution in [2.75, 3.05) is 34.5 Å². The molecule has 0 aromatic heterocycles. The van der Waals surface area contributed by atoms with E-state index in [1.165, 1.54) is 5.57 Å². The van der Waals surface area contributed by atoms with Crippen LogP contribution in [0.2, 0.25) is 0 Å². The average Bonchev–Trinajstić information content (AvgIpc) is 3.23. The van der Waals surface area contributed by atoms with Crippen molar-refractivity contribution < 1.29 is 38.3 Å². The van der Waals surface area contributed by atoms with Crippen LogP contribution in [-0.4, -0.2) is 57.8 Å². The molecule has 2 saturated carbocycles. The Labute approximate surface area is 224 Å². The van der Waals surface area contributed by atoms with Crippen LogP contribution in [0.1, 0.15) is 57.8 Å². The van der Waals surface area contributed by atoms with Crippen LogP contribution in [0.4, 0.5) is 0 Å². The van der Waals surface area contributed by atoms with Gasteiger partial charge in [0.05, 0.1) is 45.2 Å². The monoisotopic (exact) mass is 528 g/mol. The van der Waals surface area contributed by atoms with Crippen LogP contribution in [0.3, 0.4) is 0 Å². The zero-order chi connectivity index (χ0) is 27.2. The van der Waals surface area contributed by atoms with Crippen molar-refractivity contribution in [2.45, 2.75) is 64.4 Å². The molecule has 8 heteroatoms. The van der Waals surface area contributed by atoms with E-state index < -0.39 is 18.4 Å². The molecule has 38 heavy (non-hydrogen) atoms. The highest BCUT2D eigenvalue weighted by Crippen LogP contribution is 2.64. The molecule has 1 N–H and O–H groups in total. The van der Waals surface area contributed by atoms with Gasteiger partial charge in [0, 0.05) is 11.5 Å². The Hall–Kier alpha value is -2.55. The number of methoxy groups -OCH3 is 3. The molecule has 1 aromatic carbocycles. The fourth-order valence-electron chi connectivity index (χ4n) is 7.60. The minimum absolute atomic E-state index is 0.0221. The molecule has 5 rings (SSSR count). The van der Waals surface area contributed by atoms with Gasteiger partial charge >= 0.3 is 5.97 Å². The van der Waals surface area contributed by atoms with Crippen molar-refractivity contribution >= 4 is 5.97 Å². The number of ether oxygens (including phenoxy) is 6. The van der Waals surface area contributed by atoms with Crippen LogP contribution >= 0.6 is 0 Å². The molecule has 2 heterocycles. The van der Waals surface area contributed by atoms with Gasteiger partial charge in [-0.05, 0) is 55.4 Å². The Bertz CT molecular complexity index is 1130. The third-order valence-electron chi connectivity index (χ3n) is 9.68. The fraction of sp³-hybridized carbons (Fsp3) is 0.633. The van der Waals surface area contributed by atoms with E-state index in [0.717, 1.165) is 31.2 Å². The van der Waals surface area contributed by atoms with Gasteiger partial charge in [-0.25, -0.2) is 4.79 Å². The van der Waals surface area contributed by atoms with Gasteiger partial charge in [0.1, 0.15) is 18.5 Å². The van der Waals surface area contributed by atoms with Crippen LogP contribution in [0.15, 0.2) is 35.9 Å². The number of carbonyl (C=O) groups is 1. The van der Waals surface area contributed by atoms with Gasteiger partial charge in [-0.1, -0.05) is 32.1 Å². The summed E-state index contributed by atoms with van der Waals surface area (Å²) < 4.78 is 34.8. The Balaban J connectivity index is 1.39. The Morgan fingerprint density at radius 2 is 1.79 bits per heavy atom. The topological polar surface area (TPSA) is 92.7 Å². The van der Waals surface area contributed by atoms with Crippen molar-refractivity contribution in [3.8, 4) is 17.2 Å². The first-order valence-electron chi connectivity index (χ1n) is 13.5. The summed E-state index contributed by atoms with van der Waals surface area (Å²) in [6.45, 7) is 9.69. The van der Waals surface area contributed by atoms with E-state index in [1.54, 1.807) is 27.4 Å². The lowest BCUT2D eigenvalue weighted by atomic mass is 9.46. The molecular weight excluding hydrogens is 488 g/mol. The summed E-state index contributed by atoms with van der Waals surface area (Å²) in [4.78, 5) is 12.1. The number of benzene rings is 1. The van der Waals surface area contributed by atoms with E-state index in [-0.39, 0.29) is 29.5 Å². The lowest BCUT2D eigenvalue weighted by molar-refractivity contribution is -0.307. The maximum atomic E-state index is 12.1. The Morgan fingerprint density at radius 1 is 1.08 bits per heavy atom. The van der Waals surface area contributed by atoms with Gasteiger partial charge in [-0.3, -0.25) is 0 Å². The summed E-state index contributed by atoms with van der Waals surface area (Å²) >= 11 is 0. The zero-order valence-electron chi connectivity index (χ0n) is 23.1. The molecule has 0 spiro atoms.